The fraction of sp³-hybridized carbons (Fsp3) is 0.286. The van der Waals surface area contributed by atoms with E-state index in [4.69, 9.17) is 11.6 Å². The summed E-state index contributed by atoms with van der Waals surface area (Å²) in [7, 11) is 0. The third kappa shape index (κ3) is 2.84. The molecule has 0 fully saturated rings. The SMILES string of the molecule is CCn1nc(C)cc1CC(=O)c1cccc(Cl)c1F. The molecule has 2 rings (SSSR count). The molecule has 0 saturated carbocycles. The Bertz CT molecular complexity index is 622. The molecule has 1 aromatic carbocycles. The zero-order valence-electron chi connectivity index (χ0n) is 10.8. The molecule has 0 aliphatic heterocycles. The van der Waals surface area contributed by atoms with E-state index in [1.54, 1.807) is 10.7 Å². The molecule has 0 spiro atoms. The first kappa shape index (κ1) is 13.7. The lowest BCUT2D eigenvalue weighted by molar-refractivity contribution is 0.0986. The predicted molar refractivity (Wildman–Crippen MR) is 72.1 cm³/mol. The molecule has 0 radical (unpaired) electrons. The second-order valence-corrected chi connectivity index (χ2v) is 4.70. The zero-order chi connectivity index (χ0) is 14.0. The predicted octanol–water partition coefficient (Wildman–Crippen LogP) is 3.43. The van der Waals surface area contributed by atoms with Crippen molar-refractivity contribution in [1.29, 1.82) is 0 Å². The summed E-state index contributed by atoms with van der Waals surface area (Å²) in [4.78, 5) is 12.1. The number of halogens is 2. The van der Waals surface area contributed by atoms with Crippen molar-refractivity contribution in [2.75, 3.05) is 0 Å². The van der Waals surface area contributed by atoms with Gasteiger partial charge in [-0.15, -0.1) is 0 Å². The highest BCUT2D eigenvalue weighted by atomic mass is 35.5. The van der Waals surface area contributed by atoms with Crippen molar-refractivity contribution in [3.63, 3.8) is 0 Å². The minimum atomic E-state index is -0.659. The number of carbonyl (C=O) groups excluding carboxylic acids is 1. The monoisotopic (exact) mass is 280 g/mol. The van der Waals surface area contributed by atoms with Crippen LogP contribution in [0.15, 0.2) is 24.3 Å². The van der Waals surface area contributed by atoms with Gasteiger partial charge < -0.3 is 0 Å². The highest BCUT2D eigenvalue weighted by Crippen LogP contribution is 2.19. The Kier molecular flexibility index (Phi) is 4.00. The van der Waals surface area contributed by atoms with Crippen molar-refractivity contribution in [3.05, 3.63) is 52.1 Å². The highest BCUT2D eigenvalue weighted by Gasteiger charge is 2.16. The van der Waals surface area contributed by atoms with Gasteiger partial charge in [0.25, 0.3) is 0 Å². The van der Waals surface area contributed by atoms with Gasteiger partial charge in [-0.2, -0.15) is 5.10 Å². The summed E-state index contributed by atoms with van der Waals surface area (Å²) in [6.07, 6.45) is 0.117. The molecule has 0 bridgehead atoms. The number of carbonyl (C=O) groups is 1. The first-order chi connectivity index (χ1) is 9.02. The maximum Gasteiger partial charge on any atom is 0.171 e. The van der Waals surface area contributed by atoms with Gasteiger partial charge in [0, 0.05) is 12.2 Å². The van der Waals surface area contributed by atoms with Crippen LogP contribution in [0.5, 0.6) is 0 Å². The first-order valence-electron chi connectivity index (χ1n) is 6.03. The van der Waals surface area contributed by atoms with Crippen LogP contribution in [0.1, 0.15) is 28.7 Å². The number of hydrogen-bond donors (Lipinski definition) is 0. The summed E-state index contributed by atoms with van der Waals surface area (Å²) in [5.41, 5.74) is 1.65. The van der Waals surface area contributed by atoms with Gasteiger partial charge in [0.05, 0.1) is 22.7 Å². The lowest BCUT2D eigenvalue weighted by Crippen LogP contribution is -2.11. The number of rotatable bonds is 4. The van der Waals surface area contributed by atoms with Gasteiger partial charge in [0.1, 0.15) is 0 Å². The summed E-state index contributed by atoms with van der Waals surface area (Å²) in [6.45, 7) is 4.48. The van der Waals surface area contributed by atoms with Gasteiger partial charge in [0.2, 0.25) is 0 Å². The molecular weight excluding hydrogens is 267 g/mol. The topological polar surface area (TPSA) is 34.9 Å². The van der Waals surface area contributed by atoms with Crippen LogP contribution in [0.3, 0.4) is 0 Å². The van der Waals surface area contributed by atoms with Crippen LogP contribution in [0.25, 0.3) is 0 Å². The van der Waals surface area contributed by atoms with Crippen LogP contribution in [-0.4, -0.2) is 15.6 Å². The lowest BCUT2D eigenvalue weighted by atomic mass is 10.1. The summed E-state index contributed by atoms with van der Waals surface area (Å²) < 4.78 is 15.5. The molecule has 1 aromatic heterocycles. The molecule has 1 heterocycles. The second kappa shape index (κ2) is 5.53. The summed E-state index contributed by atoms with van der Waals surface area (Å²) in [6, 6.07) is 6.28. The van der Waals surface area contributed by atoms with E-state index < -0.39 is 5.82 Å². The van der Waals surface area contributed by atoms with E-state index in [9.17, 15) is 9.18 Å². The number of aryl methyl sites for hydroxylation is 2. The number of nitrogens with zero attached hydrogens (tertiary/aromatic N) is 2. The van der Waals surface area contributed by atoms with Crippen molar-refractivity contribution >= 4 is 17.4 Å². The summed E-state index contributed by atoms with van der Waals surface area (Å²) in [5.74, 6) is -0.956. The molecule has 3 nitrogen and oxygen atoms in total. The first-order valence-corrected chi connectivity index (χ1v) is 6.41. The Balaban J connectivity index is 2.28. The largest absolute Gasteiger partial charge is 0.294 e. The fourth-order valence-electron chi connectivity index (χ4n) is 1.99. The van der Waals surface area contributed by atoms with Gasteiger partial charge in [-0.3, -0.25) is 9.48 Å². The van der Waals surface area contributed by atoms with E-state index in [0.29, 0.717) is 6.54 Å². The minimum absolute atomic E-state index is 0.0222. The van der Waals surface area contributed by atoms with Crippen LogP contribution in [0.4, 0.5) is 4.39 Å². The Morgan fingerprint density at radius 3 is 2.89 bits per heavy atom. The lowest BCUT2D eigenvalue weighted by Gasteiger charge is -2.05. The van der Waals surface area contributed by atoms with Crippen LogP contribution < -0.4 is 0 Å². The van der Waals surface area contributed by atoms with Gasteiger partial charge in [0.15, 0.2) is 11.6 Å². The number of benzene rings is 1. The van der Waals surface area contributed by atoms with Crippen molar-refractivity contribution < 1.29 is 9.18 Å². The molecule has 0 atom stereocenters. The highest BCUT2D eigenvalue weighted by molar-refractivity contribution is 6.31. The molecule has 100 valence electrons. The van der Waals surface area contributed by atoms with Crippen LogP contribution in [-0.2, 0) is 13.0 Å². The smallest absolute Gasteiger partial charge is 0.171 e. The average molecular weight is 281 g/mol. The van der Waals surface area contributed by atoms with Crippen molar-refractivity contribution in [1.82, 2.24) is 9.78 Å². The van der Waals surface area contributed by atoms with Gasteiger partial charge in [-0.05, 0) is 32.0 Å². The molecule has 19 heavy (non-hydrogen) atoms. The van der Waals surface area contributed by atoms with E-state index in [2.05, 4.69) is 5.10 Å². The number of aromatic nitrogens is 2. The summed E-state index contributed by atoms with van der Waals surface area (Å²) >= 11 is 5.68. The standard InChI is InChI=1S/C14H14ClFN2O/c1-3-18-10(7-9(2)17-18)8-13(19)11-5-4-6-12(15)14(11)16/h4-7H,3,8H2,1-2H3. The van der Waals surface area contributed by atoms with E-state index in [1.807, 2.05) is 19.9 Å². The molecule has 5 heteroatoms. The molecule has 0 aliphatic rings. The maximum absolute atomic E-state index is 13.8. The minimum Gasteiger partial charge on any atom is -0.294 e. The average Bonchev–Trinajstić information content (AvgIpc) is 2.72. The van der Waals surface area contributed by atoms with E-state index in [1.165, 1.54) is 12.1 Å². The number of ketones is 1. The molecular formula is C14H14ClFN2O. The van der Waals surface area contributed by atoms with Crippen LogP contribution >= 0.6 is 11.6 Å². The third-order valence-electron chi connectivity index (χ3n) is 2.88. The van der Waals surface area contributed by atoms with E-state index in [-0.39, 0.29) is 22.8 Å². The maximum atomic E-state index is 13.8. The van der Waals surface area contributed by atoms with Crippen molar-refractivity contribution in [3.8, 4) is 0 Å². The van der Waals surface area contributed by atoms with E-state index in [0.717, 1.165) is 11.4 Å². The zero-order valence-corrected chi connectivity index (χ0v) is 11.5. The van der Waals surface area contributed by atoms with Gasteiger partial charge in [-0.1, -0.05) is 17.7 Å². The van der Waals surface area contributed by atoms with Gasteiger partial charge >= 0.3 is 0 Å². The Labute approximate surface area is 116 Å². The third-order valence-corrected chi connectivity index (χ3v) is 3.17. The molecule has 0 unspecified atom stereocenters. The number of hydrogen-bond acceptors (Lipinski definition) is 2. The van der Waals surface area contributed by atoms with E-state index >= 15 is 0 Å². The van der Waals surface area contributed by atoms with Crippen LogP contribution in [0.2, 0.25) is 5.02 Å². The quantitative estimate of drug-likeness (QED) is 0.804. The molecule has 0 N–H and O–H groups in total. The van der Waals surface area contributed by atoms with Crippen molar-refractivity contribution in [2.24, 2.45) is 0 Å². The molecule has 0 aliphatic carbocycles. The molecule has 0 saturated heterocycles. The van der Waals surface area contributed by atoms with Crippen molar-refractivity contribution in [2.45, 2.75) is 26.8 Å². The summed E-state index contributed by atoms with van der Waals surface area (Å²) in [5, 5.41) is 4.22. The number of Topliss-reactive ketones (excluding diaryl/α,β-unsaturated/α-hetero) is 1. The molecule has 0 amide bonds. The van der Waals surface area contributed by atoms with Crippen LogP contribution in [0, 0.1) is 12.7 Å². The Morgan fingerprint density at radius 1 is 1.47 bits per heavy atom. The van der Waals surface area contributed by atoms with Gasteiger partial charge in [-0.25, -0.2) is 4.39 Å². The fourth-order valence-corrected chi connectivity index (χ4v) is 2.17. The normalized spacial score (nSPS) is 10.7. The second-order valence-electron chi connectivity index (χ2n) is 4.29. The molecule has 2 aromatic rings. The Hall–Kier alpha value is -1.68. The Morgan fingerprint density at radius 2 is 2.21 bits per heavy atom.